The number of aromatic nitrogens is 2. The van der Waals surface area contributed by atoms with Crippen LogP contribution in [0.4, 0.5) is 9.52 Å². The van der Waals surface area contributed by atoms with Crippen molar-refractivity contribution in [2.75, 3.05) is 11.9 Å². The summed E-state index contributed by atoms with van der Waals surface area (Å²) in [6.45, 7) is 4.18. The van der Waals surface area contributed by atoms with E-state index in [0.717, 1.165) is 16.9 Å². The number of nitrogens with zero attached hydrogens (tertiary/aromatic N) is 3. The Kier molecular flexibility index (Phi) is 9.92. The number of hydrazone groups is 1. The van der Waals surface area contributed by atoms with Gasteiger partial charge in [0.1, 0.15) is 17.4 Å². The molecule has 4 rings (SSSR count). The van der Waals surface area contributed by atoms with Crippen LogP contribution in [0.5, 0.6) is 11.5 Å². The van der Waals surface area contributed by atoms with Crippen LogP contribution in [-0.2, 0) is 17.8 Å². The third-order valence-corrected chi connectivity index (χ3v) is 6.80. The Balaban J connectivity index is 1.33. The van der Waals surface area contributed by atoms with Crippen LogP contribution in [0.15, 0.2) is 70.2 Å². The number of amides is 2. The molecule has 206 valence electrons. The molecule has 0 fully saturated rings. The normalized spacial score (nSPS) is 10.9. The number of carbonyl (C=O) groups excluding carboxylic acids is 2. The van der Waals surface area contributed by atoms with Crippen molar-refractivity contribution in [2.45, 2.75) is 26.9 Å². The van der Waals surface area contributed by atoms with E-state index < -0.39 is 5.91 Å². The van der Waals surface area contributed by atoms with E-state index >= 15 is 0 Å². The van der Waals surface area contributed by atoms with Crippen molar-refractivity contribution in [3.05, 3.63) is 98.2 Å². The lowest BCUT2D eigenvalue weighted by Gasteiger charge is -2.15. The molecule has 12 heteroatoms. The number of rotatable bonds is 11. The van der Waals surface area contributed by atoms with E-state index in [-0.39, 0.29) is 24.8 Å². The van der Waals surface area contributed by atoms with Crippen LogP contribution in [0.25, 0.3) is 0 Å². The first-order valence-corrected chi connectivity index (χ1v) is 13.8. The zero-order chi connectivity index (χ0) is 28.5. The lowest BCUT2D eigenvalue weighted by atomic mass is 10.1. The monoisotopic (exact) mass is 625 g/mol. The molecule has 0 spiro atoms. The van der Waals surface area contributed by atoms with E-state index in [0.29, 0.717) is 49.4 Å². The molecule has 0 radical (unpaired) electrons. The average molecular weight is 627 g/mol. The molecule has 40 heavy (non-hydrogen) atoms. The summed E-state index contributed by atoms with van der Waals surface area (Å²) < 4.78 is 26.1. The Morgan fingerprint density at radius 3 is 2.62 bits per heavy atom. The maximum Gasteiger partial charge on any atom is 0.257 e. The van der Waals surface area contributed by atoms with Gasteiger partial charge in [0.05, 0.1) is 23.7 Å². The molecule has 1 heterocycles. The highest BCUT2D eigenvalue weighted by Crippen LogP contribution is 2.37. The van der Waals surface area contributed by atoms with Crippen LogP contribution >= 0.6 is 27.3 Å². The van der Waals surface area contributed by atoms with Gasteiger partial charge in [-0.3, -0.25) is 14.9 Å². The first-order valence-electron chi connectivity index (χ1n) is 12.2. The maximum absolute atomic E-state index is 14.0. The minimum atomic E-state index is -0.405. The molecule has 0 saturated carbocycles. The van der Waals surface area contributed by atoms with Gasteiger partial charge in [0.2, 0.25) is 11.0 Å². The number of nitrogens with one attached hydrogen (secondary N) is 2. The first kappa shape index (κ1) is 28.8. The minimum Gasteiger partial charge on any atom is -0.490 e. The standard InChI is InChI=1S/C28H25BrFN5O4S/c1-3-38-23-13-18(12-21(29)26(23)39-16-20-6-4-5-7-22(20)30)15-31-33-24(36)14-25-34-35-28(40-25)32-27(37)19-10-8-17(2)9-11-19/h4-13,15H,3,14,16H2,1-2H3,(H,33,36)(H,32,35,37)/b31-15+. The number of carbonyl (C=O) groups is 2. The van der Waals surface area contributed by atoms with Gasteiger partial charge in [-0.2, -0.15) is 5.10 Å². The van der Waals surface area contributed by atoms with Crippen LogP contribution in [0.3, 0.4) is 0 Å². The Labute approximate surface area is 242 Å². The first-order chi connectivity index (χ1) is 19.3. The topological polar surface area (TPSA) is 115 Å². The zero-order valence-corrected chi connectivity index (χ0v) is 24.0. The number of ether oxygens (including phenoxy) is 2. The van der Waals surface area contributed by atoms with Gasteiger partial charge in [-0.25, -0.2) is 9.82 Å². The van der Waals surface area contributed by atoms with Crippen molar-refractivity contribution in [3.63, 3.8) is 0 Å². The molecule has 0 atom stereocenters. The van der Waals surface area contributed by atoms with Crippen LogP contribution in [0.2, 0.25) is 0 Å². The smallest absolute Gasteiger partial charge is 0.257 e. The van der Waals surface area contributed by atoms with Crippen LogP contribution in [0.1, 0.15) is 39.0 Å². The van der Waals surface area contributed by atoms with Crippen molar-refractivity contribution < 1.29 is 23.5 Å². The molecule has 0 aliphatic rings. The van der Waals surface area contributed by atoms with Gasteiger partial charge in [-0.05, 0) is 65.7 Å². The number of hydrogen-bond donors (Lipinski definition) is 2. The Morgan fingerprint density at radius 1 is 1.10 bits per heavy atom. The van der Waals surface area contributed by atoms with Gasteiger partial charge < -0.3 is 9.47 Å². The average Bonchev–Trinajstić information content (AvgIpc) is 3.36. The molecule has 4 aromatic rings. The third kappa shape index (κ3) is 7.93. The van der Waals surface area contributed by atoms with Gasteiger partial charge in [0.15, 0.2) is 11.5 Å². The molecule has 1 aromatic heterocycles. The summed E-state index contributed by atoms with van der Waals surface area (Å²) in [5.41, 5.74) is 5.05. The largest absolute Gasteiger partial charge is 0.490 e. The summed E-state index contributed by atoms with van der Waals surface area (Å²) in [6.07, 6.45) is 1.39. The molecular weight excluding hydrogens is 601 g/mol. The van der Waals surface area contributed by atoms with E-state index in [1.54, 1.807) is 42.5 Å². The lowest BCUT2D eigenvalue weighted by molar-refractivity contribution is -0.120. The molecule has 0 unspecified atom stereocenters. The maximum atomic E-state index is 14.0. The number of hydrogen-bond acceptors (Lipinski definition) is 8. The fraction of sp³-hybridized carbons (Fsp3) is 0.179. The van der Waals surface area contributed by atoms with Crippen molar-refractivity contribution in [2.24, 2.45) is 5.10 Å². The molecule has 0 aliphatic heterocycles. The molecule has 3 aromatic carbocycles. The fourth-order valence-corrected chi connectivity index (χ4v) is 4.74. The number of aryl methyl sites for hydroxylation is 1. The SMILES string of the molecule is CCOc1cc(/C=N/NC(=O)Cc2nnc(NC(=O)c3ccc(C)cc3)s2)cc(Br)c1OCc1ccccc1F. The highest BCUT2D eigenvalue weighted by molar-refractivity contribution is 9.10. The van der Waals surface area contributed by atoms with Gasteiger partial charge >= 0.3 is 0 Å². The molecule has 0 aliphatic carbocycles. The highest BCUT2D eigenvalue weighted by Gasteiger charge is 2.15. The summed E-state index contributed by atoms with van der Waals surface area (Å²) >= 11 is 4.58. The minimum absolute atomic E-state index is 0.0256. The second-order valence-electron chi connectivity index (χ2n) is 8.43. The molecule has 9 nitrogen and oxygen atoms in total. The van der Waals surface area contributed by atoms with Crippen LogP contribution in [-0.4, -0.2) is 34.8 Å². The van der Waals surface area contributed by atoms with Crippen LogP contribution < -0.4 is 20.2 Å². The summed E-state index contributed by atoms with van der Waals surface area (Å²) in [5.74, 6) is -0.202. The van der Waals surface area contributed by atoms with E-state index in [1.807, 2.05) is 26.0 Å². The van der Waals surface area contributed by atoms with Gasteiger partial charge in [0.25, 0.3) is 5.91 Å². The van der Waals surface area contributed by atoms with E-state index in [1.165, 1.54) is 12.3 Å². The van der Waals surface area contributed by atoms with Gasteiger partial charge in [0, 0.05) is 11.1 Å². The predicted octanol–water partition coefficient (Wildman–Crippen LogP) is 5.67. The Hall–Kier alpha value is -4.16. The number of halogens is 2. The van der Waals surface area contributed by atoms with Crippen molar-refractivity contribution >= 4 is 50.4 Å². The number of anilines is 1. The van der Waals surface area contributed by atoms with E-state index in [9.17, 15) is 14.0 Å². The van der Waals surface area contributed by atoms with Crippen LogP contribution in [0, 0.1) is 12.7 Å². The lowest BCUT2D eigenvalue weighted by Crippen LogP contribution is -2.19. The Morgan fingerprint density at radius 2 is 1.88 bits per heavy atom. The highest BCUT2D eigenvalue weighted by atomic mass is 79.9. The zero-order valence-electron chi connectivity index (χ0n) is 21.6. The van der Waals surface area contributed by atoms with Crippen molar-refractivity contribution in [3.8, 4) is 11.5 Å². The van der Waals surface area contributed by atoms with Gasteiger partial charge in [-0.1, -0.05) is 47.2 Å². The number of benzene rings is 3. The third-order valence-electron chi connectivity index (χ3n) is 5.38. The quantitative estimate of drug-likeness (QED) is 0.164. The fourth-order valence-electron chi connectivity index (χ4n) is 3.44. The van der Waals surface area contributed by atoms with Crippen molar-refractivity contribution in [1.82, 2.24) is 15.6 Å². The molecule has 2 amide bonds. The van der Waals surface area contributed by atoms with Gasteiger partial charge in [-0.15, -0.1) is 10.2 Å². The molecular formula is C28H25BrFN5O4S. The summed E-state index contributed by atoms with van der Waals surface area (Å²) in [5, 5.41) is 15.3. The second-order valence-corrected chi connectivity index (χ2v) is 10.4. The summed E-state index contributed by atoms with van der Waals surface area (Å²) in [6, 6.07) is 17.0. The molecule has 0 saturated heterocycles. The summed E-state index contributed by atoms with van der Waals surface area (Å²) in [7, 11) is 0. The molecule has 0 bridgehead atoms. The van der Waals surface area contributed by atoms with Crippen molar-refractivity contribution in [1.29, 1.82) is 0 Å². The predicted molar refractivity (Wildman–Crippen MR) is 155 cm³/mol. The second kappa shape index (κ2) is 13.8. The summed E-state index contributed by atoms with van der Waals surface area (Å²) in [4.78, 5) is 24.7. The van der Waals surface area contributed by atoms with E-state index in [4.69, 9.17) is 9.47 Å². The van der Waals surface area contributed by atoms with E-state index in [2.05, 4.69) is 42.0 Å². The molecule has 2 N–H and O–H groups in total. The Bertz CT molecular complexity index is 1530.